The molecule has 3 aromatic rings. The van der Waals surface area contributed by atoms with E-state index in [0.717, 1.165) is 4.68 Å². The van der Waals surface area contributed by atoms with Crippen LogP contribution >= 0.6 is 11.6 Å². The summed E-state index contributed by atoms with van der Waals surface area (Å²) in [7, 11) is 1.19. The van der Waals surface area contributed by atoms with E-state index in [0.29, 0.717) is 5.69 Å². The molecule has 13 heteroatoms. The second-order valence-electron chi connectivity index (χ2n) is 5.01. The van der Waals surface area contributed by atoms with Gasteiger partial charge in [0.2, 0.25) is 5.82 Å². The minimum absolute atomic E-state index is 0.116. The molecule has 0 aromatic carbocycles. The number of aromatic amines is 1. The molecule has 0 saturated heterocycles. The van der Waals surface area contributed by atoms with Crippen LogP contribution in [0.5, 0.6) is 0 Å². The molecule has 26 heavy (non-hydrogen) atoms. The minimum atomic E-state index is -4.76. The number of nitrogens with one attached hydrogen (secondary N) is 2. The van der Waals surface area contributed by atoms with Crippen molar-refractivity contribution in [1.29, 1.82) is 0 Å². The largest absolute Gasteiger partial charge is 0.436 e. The highest BCUT2D eigenvalue weighted by Gasteiger charge is 2.39. The maximum absolute atomic E-state index is 12.8. The van der Waals surface area contributed by atoms with Crippen LogP contribution in [0, 0.1) is 0 Å². The number of halogens is 4. The van der Waals surface area contributed by atoms with E-state index in [9.17, 15) is 18.0 Å². The molecule has 3 aromatic heterocycles. The number of rotatable bonds is 4. The lowest BCUT2D eigenvalue weighted by molar-refractivity contribution is -0.141. The lowest BCUT2D eigenvalue weighted by Crippen LogP contribution is -2.26. The van der Waals surface area contributed by atoms with Crippen LogP contribution in [0.25, 0.3) is 11.5 Å². The summed E-state index contributed by atoms with van der Waals surface area (Å²) in [6.45, 7) is -0.116. The molecule has 136 valence electrons. The number of carbonyl (C=O) groups excluding carboxylic acids is 1. The predicted octanol–water partition coefficient (Wildman–Crippen LogP) is 1.60. The molecule has 0 unspecified atom stereocenters. The highest BCUT2D eigenvalue weighted by atomic mass is 35.5. The van der Waals surface area contributed by atoms with Crippen LogP contribution in [0.2, 0.25) is 5.02 Å². The first-order valence-electron chi connectivity index (χ1n) is 7.03. The van der Waals surface area contributed by atoms with E-state index in [1.54, 1.807) is 0 Å². The number of amides is 1. The first-order chi connectivity index (χ1) is 12.3. The smallest absolute Gasteiger partial charge is 0.343 e. The molecule has 0 aliphatic rings. The third kappa shape index (κ3) is 3.49. The standard InChI is InChI=1S/C13H10ClF3N8O/c1-25-9(8(14)10(24-25)13(15,16)17)12(26)20-5-7-21-11(23-22-7)6-4-18-2-3-19-6/h2-4H,5H2,1H3,(H,20,26)(H,21,22,23). The number of nitrogens with zero attached hydrogens (tertiary/aromatic N) is 6. The Morgan fingerprint density at radius 1 is 1.38 bits per heavy atom. The average Bonchev–Trinajstić information content (AvgIpc) is 3.18. The number of hydrogen-bond donors (Lipinski definition) is 2. The molecular formula is C13H10ClF3N8O. The number of alkyl halides is 3. The monoisotopic (exact) mass is 386 g/mol. The molecule has 3 heterocycles. The highest BCUT2D eigenvalue weighted by molar-refractivity contribution is 6.34. The molecule has 9 nitrogen and oxygen atoms in total. The van der Waals surface area contributed by atoms with E-state index in [1.165, 1.54) is 25.6 Å². The minimum Gasteiger partial charge on any atom is -0.343 e. The van der Waals surface area contributed by atoms with Gasteiger partial charge in [-0.05, 0) is 0 Å². The van der Waals surface area contributed by atoms with Gasteiger partial charge in [-0.25, -0.2) is 9.97 Å². The Labute approximate surface area is 148 Å². The van der Waals surface area contributed by atoms with Crippen molar-refractivity contribution >= 4 is 17.5 Å². The average molecular weight is 387 g/mol. The van der Waals surface area contributed by atoms with Gasteiger partial charge in [0.05, 0.1) is 12.7 Å². The van der Waals surface area contributed by atoms with Crippen molar-refractivity contribution in [2.24, 2.45) is 7.05 Å². The van der Waals surface area contributed by atoms with Crippen molar-refractivity contribution in [2.45, 2.75) is 12.7 Å². The molecule has 2 N–H and O–H groups in total. The van der Waals surface area contributed by atoms with Crippen LogP contribution in [-0.4, -0.2) is 40.8 Å². The van der Waals surface area contributed by atoms with Crippen LogP contribution in [0.15, 0.2) is 18.6 Å². The van der Waals surface area contributed by atoms with Gasteiger partial charge in [-0.3, -0.25) is 19.6 Å². The van der Waals surface area contributed by atoms with Crippen molar-refractivity contribution in [1.82, 2.24) is 40.2 Å². The molecule has 3 rings (SSSR count). The number of aryl methyl sites for hydroxylation is 1. The van der Waals surface area contributed by atoms with Crippen LogP contribution in [0.1, 0.15) is 22.0 Å². The lowest BCUT2D eigenvalue weighted by atomic mass is 10.3. The van der Waals surface area contributed by atoms with Gasteiger partial charge in [-0.1, -0.05) is 11.6 Å². The molecule has 0 fully saturated rings. The Balaban J connectivity index is 1.72. The first-order valence-corrected chi connectivity index (χ1v) is 7.40. The lowest BCUT2D eigenvalue weighted by Gasteiger charge is -2.04. The zero-order chi connectivity index (χ0) is 18.9. The Hall–Kier alpha value is -3.02. The van der Waals surface area contributed by atoms with E-state index < -0.39 is 28.5 Å². The van der Waals surface area contributed by atoms with Crippen LogP contribution < -0.4 is 5.32 Å². The van der Waals surface area contributed by atoms with E-state index in [4.69, 9.17) is 11.6 Å². The van der Waals surface area contributed by atoms with Gasteiger partial charge < -0.3 is 5.32 Å². The molecule has 0 atom stereocenters. The molecule has 1 amide bonds. The van der Waals surface area contributed by atoms with Gasteiger partial charge >= 0.3 is 6.18 Å². The Kier molecular flexibility index (Phi) is 4.59. The first kappa shape index (κ1) is 17.8. The molecule has 0 aliphatic carbocycles. The van der Waals surface area contributed by atoms with Crippen molar-refractivity contribution < 1.29 is 18.0 Å². The quantitative estimate of drug-likeness (QED) is 0.704. The topological polar surface area (TPSA) is 114 Å². The molecular weight excluding hydrogens is 377 g/mol. The molecule has 0 radical (unpaired) electrons. The summed E-state index contributed by atoms with van der Waals surface area (Å²) in [6, 6.07) is 0. The van der Waals surface area contributed by atoms with Gasteiger partial charge in [-0.15, -0.1) is 0 Å². The Bertz CT molecular complexity index is 937. The van der Waals surface area contributed by atoms with Crippen LogP contribution in [0.4, 0.5) is 13.2 Å². The summed E-state index contributed by atoms with van der Waals surface area (Å²) in [4.78, 5) is 24.2. The second-order valence-corrected chi connectivity index (χ2v) is 5.39. The van der Waals surface area contributed by atoms with Gasteiger partial charge in [0.1, 0.15) is 22.2 Å². The zero-order valence-electron chi connectivity index (χ0n) is 13.0. The maximum atomic E-state index is 12.8. The third-order valence-electron chi connectivity index (χ3n) is 3.21. The Morgan fingerprint density at radius 2 is 2.15 bits per heavy atom. The van der Waals surface area contributed by atoms with E-state index in [2.05, 4.69) is 35.6 Å². The SMILES string of the molecule is Cn1nc(C(F)(F)F)c(Cl)c1C(=O)NCc1nc(-c2cnccn2)n[nH]1. The Morgan fingerprint density at radius 3 is 2.77 bits per heavy atom. The van der Waals surface area contributed by atoms with Crippen molar-refractivity contribution in [2.75, 3.05) is 0 Å². The number of aromatic nitrogens is 7. The molecule has 0 aliphatic heterocycles. The van der Waals surface area contributed by atoms with Crippen molar-refractivity contribution in [3.8, 4) is 11.5 Å². The van der Waals surface area contributed by atoms with Crippen LogP contribution in [0.3, 0.4) is 0 Å². The summed E-state index contributed by atoms with van der Waals surface area (Å²) in [5.74, 6) is -0.299. The fourth-order valence-corrected chi connectivity index (χ4v) is 2.43. The predicted molar refractivity (Wildman–Crippen MR) is 81.8 cm³/mol. The number of H-pyrrole nitrogens is 1. The van der Waals surface area contributed by atoms with Crippen molar-refractivity contribution in [3.63, 3.8) is 0 Å². The molecule has 0 bridgehead atoms. The van der Waals surface area contributed by atoms with Gasteiger partial charge in [0, 0.05) is 19.4 Å². The van der Waals surface area contributed by atoms with Gasteiger partial charge in [0.15, 0.2) is 5.69 Å². The fraction of sp³-hybridized carbons (Fsp3) is 0.231. The van der Waals surface area contributed by atoms with Gasteiger partial charge in [0.25, 0.3) is 5.91 Å². The normalized spacial score (nSPS) is 11.6. The second kappa shape index (κ2) is 6.71. The summed E-state index contributed by atoms with van der Waals surface area (Å²) >= 11 is 5.66. The van der Waals surface area contributed by atoms with Crippen LogP contribution in [-0.2, 0) is 19.8 Å². The van der Waals surface area contributed by atoms with E-state index >= 15 is 0 Å². The molecule has 0 spiro atoms. The van der Waals surface area contributed by atoms with Gasteiger partial charge in [-0.2, -0.15) is 23.4 Å². The summed E-state index contributed by atoms with van der Waals surface area (Å²) in [5.41, 5.74) is -1.31. The number of carbonyl (C=O) groups is 1. The zero-order valence-corrected chi connectivity index (χ0v) is 13.8. The molecule has 0 saturated carbocycles. The fourth-order valence-electron chi connectivity index (χ4n) is 2.08. The van der Waals surface area contributed by atoms with E-state index in [1.807, 2.05) is 0 Å². The summed E-state index contributed by atoms with van der Waals surface area (Å²) < 4.78 is 39.2. The number of hydrogen-bond acceptors (Lipinski definition) is 6. The highest BCUT2D eigenvalue weighted by Crippen LogP contribution is 2.35. The van der Waals surface area contributed by atoms with E-state index in [-0.39, 0.29) is 18.2 Å². The summed E-state index contributed by atoms with van der Waals surface area (Å²) in [6.07, 6.45) is -0.344. The third-order valence-corrected chi connectivity index (χ3v) is 3.57. The summed E-state index contributed by atoms with van der Waals surface area (Å²) in [5, 5.41) is 11.4. The maximum Gasteiger partial charge on any atom is 0.436 e. The van der Waals surface area contributed by atoms with Crippen molar-refractivity contribution in [3.05, 3.63) is 40.8 Å².